The topological polar surface area (TPSA) is 95.9 Å². The number of carbonyl (C=O) groups is 2. The van der Waals surface area contributed by atoms with Crippen LogP contribution >= 0.6 is 11.3 Å². The highest BCUT2D eigenvalue weighted by molar-refractivity contribution is 7.07. The monoisotopic (exact) mass is 380 g/mol. The molecule has 0 spiro atoms. The van der Waals surface area contributed by atoms with E-state index in [2.05, 4.69) is 5.32 Å². The van der Waals surface area contributed by atoms with Crippen LogP contribution in [0.1, 0.15) is 22.5 Å². The predicted molar refractivity (Wildman–Crippen MR) is 97.4 cm³/mol. The molecule has 0 radical (unpaired) electrons. The van der Waals surface area contributed by atoms with E-state index in [-0.39, 0.29) is 35.0 Å². The van der Waals surface area contributed by atoms with Gasteiger partial charge in [0.1, 0.15) is 0 Å². The lowest BCUT2D eigenvalue weighted by Gasteiger charge is -2.14. The zero-order valence-electron chi connectivity index (χ0n) is 15.0. The number of nitrogens with one attached hydrogen (secondary N) is 1. The van der Waals surface area contributed by atoms with Gasteiger partial charge < -0.3 is 24.1 Å². The van der Waals surface area contributed by atoms with Gasteiger partial charge >= 0.3 is 10.8 Å². The second-order valence-electron chi connectivity index (χ2n) is 5.34. The Balaban J connectivity index is 2.22. The smallest absolute Gasteiger partial charge is 0.340 e. The summed E-state index contributed by atoms with van der Waals surface area (Å²) in [5.41, 5.74) is 1.19. The number of ether oxygens (including phenoxy) is 3. The molecule has 0 aliphatic carbocycles. The van der Waals surface area contributed by atoms with E-state index in [9.17, 15) is 14.4 Å². The zero-order valence-corrected chi connectivity index (χ0v) is 15.8. The van der Waals surface area contributed by atoms with Crippen LogP contribution < -0.4 is 19.7 Å². The summed E-state index contributed by atoms with van der Waals surface area (Å²) >= 11 is 1.09. The van der Waals surface area contributed by atoms with Crippen molar-refractivity contribution in [3.05, 3.63) is 38.4 Å². The van der Waals surface area contributed by atoms with Crippen molar-refractivity contribution in [1.82, 2.24) is 4.57 Å². The number of hydrogen-bond donors (Lipinski definition) is 1. The van der Waals surface area contributed by atoms with Gasteiger partial charge in [0.25, 0.3) is 0 Å². The number of hydrogen-bond acceptors (Lipinski definition) is 7. The van der Waals surface area contributed by atoms with E-state index in [1.54, 1.807) is 12.3 Å². The fourth-order valence-corrected chi connectivity index (χ4v) is 3.12. The van der Waals surface area contributed by atoms with Gasteiger partial charge in [-0.25, -0.2) is 4.79 Å². The molecule has 8 nitrogen and oxygen atoms in total. The molecule has 0 saturated heterocycles. The number of nitrogens with zero attached hydrogens (tertiary/aromatic N) is 1. The van der Waals surface area contributed by atoms with Crippen LogP contribution in [0.4, 0.5) is 5.69 Å². The van der Waals surface area contributed by atoms with Crippen LogP contribution in [0.15, 0.2) is 22.3 Å². The third-order valence-electron chi connectivity index (χ3n) is 3.74. The molecule has 26 heavy (non-hydrogen) atoms. The molecule has 0 saturated carbocycles. The van der Waals surface area contributed by atoms with Crippen LogP contribution in [0.5, 0.6) is 11.5 Å². The molecule has 0 bridgehead atoms. The highest BCUT2D eigenvalue weighted by Gasteiger charge is 2.19. The quantitative estimate of drug-likeness (QED) is 0.739. The fraction of sp³-hybridized carbons (Fsp3) is 0.353. The van der Waals surface area contributed by atoms with Gasteiger partial charge in [0, 0.05) is 36.2 Å². The second kappa shape index (κ2) is 8.52. The Morgan fingerprint density at radius 1 is 1.15 bits per heavy atom. The van der Waals surface area contributed by atoms with Crippen LogP contribution in [0, 0.1) is 6.92 Å². The number of thiazole rings is 1. The number of esters is 1. The van der Waals surface area contributed by atoms with Gasteiger partial charge in [-0.15, -0.1) is 0 Å². The van der Waals surface area contributed by atoms with Gasteiger partial charge in [-0.2, -0.15) is 0 Å². The standard InChI is InChI=1S/C17H20N2O6S/c1-10-9-26-17(22)19(10)6-5-15(20)18-12-8-14(24-3)13(23-2)7-11(12)16(21)25-4/h7-9H,5-6H2,1-4H3,(H,18,20). The third-order valence-corrected chi connectivity index (χ3v) is 4.62. The number of carbonyl (C=O) groups excluding carboxylic acids is 2. The summed E-state index contributed by atoms with van der Waals surface area (Å²) < 4.78 is 16.7. The minimum absolute atomic E-state index is 0.0758. The molecule has 0 atom stereocenters. The molecule has 9 heteroatoms. The average molecular weight is 380 g/mol. The second-order valence-corrected chi connectivity index (χ2v) is 6.16. The maximum Gasteiger partial charge on any atom is 0.340 e. The lowest BCUT2D eigenvalue weighted by molar-refractivity contribution is -0.116. The van der Waals surface area contributed by atoms with Crippen molar-refractivity contribution < 1.29 is 23.8 Å². The van der Waals surface area contributed by atoms with Crippen molar-refractivity contribution in [3.8, 4) is 11.5 Å². The minimum atomic E-state index is -0.619. The molecule has 1 N–H and O–H groups in total. The Morgan fingerprint density at radius 3 is 2.35 bits per heavy atom. The van der Waals surface area contributed by atoms with Gasteiger partial charge in [-0.1, -0.05) is 11.3 Å². The van der Waals surface area contributed by atoms with Gasteiger partial charge in [0.2, 0.25) is 5.91 Å². The van der Waals surface area contributed by atoms with Crippen molar-refractivity contribution in [2.75, 3.05) is 26.6 Å². The van der Waals surface area contributed by atoms with Crippen LogP contribution in [-0.2, 0) is 16.1 Å². The number of benzene rings is 1. The van der Waals surface area contributed by atoms with Crippen LogP contribution in [0.25, 0.3) is 0 Å². The molecule has 140 valence electrons. The molecule has 0 aliphatic heterocycles. The van der Waals surface area contributed by atoms with Gasteiger partial charge in [0.15, 0.2) is 11.5 Å². The number of anilines is 1. The van der Waals surface area contributed by atoms with Gasteiger partial charge in [-0.05, 0) is 6.92 Å². The van der Waals surface area contributed by atoms with E-state index >= 15 is 0 Å². The molecule has 2 aromatic rings. The highest BCUT2D eigenvalue weighted by atomic mass is 32.1. The first kappa shape index (κ1) is 19.5. The van der Waals surface area contributed by atoms with E-state index < -0.39 is 5.97 Å². The van der Waals surface area contributed by atoms with Gasteiger partial charge in [0.05, 0.1) is 32.6 Å². The van der Waals surface area contributed by atoms with Crippen LogP contribution in [0.2, 0.25) is 0 Å². The Labute approximate surface area is 154 Å². The Bertz CT molecular complexity index is 871. The number of aromatic nitrogens is 1. The lowest BCUT2D eigenvalue weighted by Crippen LogP contribution is -2.21. The third kappa shape index (κ3) is 4.23. The summed E-state index contributed by atoms with van der Waals surface area (Å²) in [6.07, 6.45) is 0.0758. The molecule has 1 heterocycles. The van der Waals surface area contributed by atoms with E-state index in [1.807, 2.05) is 0 Å². The molecular weight excluding hydrogens is 360 g/mol. The lowest BCUT2D eigenvalue weighted by atomic mass is 10.1. The van der Waals surface area contributed by atoms with E-state index in [1.165, 1.54) is 38.0 Å². The number of aryl methyl sites for hydroxylation is 1. The maximum absolute atomic E-state index is 12.3. The Morgan fingerprint density at radius 2 is 1.81 bits per heavy atom. The Kier molecular flexibility index (Phi) is 6.40. The summed E-state index contributed by atoms with van der Waals surface area (Å²) in [6.45, 7) is 2.06. The fourth-order valence-electron chi connectivity index (χ4n) is 2.36. The van der Waals surface area contributed by atoms with Crippen molar-refractivity contribution in [1.29, 1.82) is 0 Å². The van der Waals surface area contributed by atoms with Crippen molar-refractivity contribution in [2.45, 2.75) is 19.9 Å². The average Bonchev–Trinajstić information content (AvgIpc) is 2.96. The zero-order chi connectivity index (χ0) is 19.3. The largest absolute Gasteiger partial charge is 0.493 e. The number of methoxy groups -OCH3 is 3. The molecule has 1 amide bonds. The summed E-state index contributed by atoms with van der Waals surface area (Å²) in [6, 6.07) is 2.93. The molecule has 1 aromatic carbocycles. The summed E-state index contributed by atoms with van der Waals surface area (Å²) in [5.74, 6) is -0.266. The highest BCUT2D eigenvalue weighted by Crippen LogP contribution is 2.33. The maximum atomic E-state index is 12.3. The molecular formula is C17H20N2O6S. The van der Waals surface area contributed by atoms with E-state index in [4.69, 9.17) is 14.2 Å². The molecule has 0 aliphatic rings. The molecule has 0 fully saturated rings. The summed E-state index contributed by atoms with van der Waals surface area (Å²) in [7, 11) is 4.14. The first-order valence-electron chi connectivity index (χ1n) is 7.70. The van der Waals surface area contributed by atoms with E-state index in [0.717, 1.165) is 17.0 Å². The van der Waals surface area contributed by atoms with Crippen LogP contribution in [-0.4, -0.2) is 37.8 Å². The SMILES string of the molecule is COC(=O)c1cc(OC)c(OC)cc1NC(=O)CCn1c(C)csc1=O. The molecule has 2 rings (SSSR count). The van der Waals surface area contributed by atoms with Crippen molar-refractivity contribution in [3.63, 3.8) is 0 Å². The summed E-state index contributed by atoms with van der Waals surface area (Å²) in [4.78, 5) is 35.9. The summed E-state index contributed by atoms with van der Waals surface area (Å²) in [5, 5.41) is 4.41. The number of rotatable bonds is 7. The molecule has 1 aromatic heterocycles. The Hall–Kier alpha value is -2.81. The predicted octanol–water partition coefficient (Wildman–Crippen LogP) is 2.05. The normalized spacial score (nSPS) is 10.3. The molecule has 0 unspecified atom stereocenters. The van der Waals surface area contributed by atoms with Gasteiger partial charge in [-0.3, -0.25) is 9.59 Å². The van der Waals surface area contributed by atoms with Crippen LogP contribution in [0.3, 0.4) is 0 Å². The number of amides is 1. The van der Waals surface area contributed by atoms with Crippen molar-refractivity contribution >= 4 is 28.9 Å². The first-order chi connectivity index (χ1) is 12.4. The van der Waals surface area contributed by atoms with Crippen molar-refractivity contribution in [2.24, 2.45) is 0 Å². The minimum Gasteiger partial charge on any atom is -0.493 e. The first-order valence-corrected chi connectivity index (χ1v) is 8.58. The van der Waals surface area contributed by atoms with E-state index in [0.29, 0.717) is 11.5 Å².